The Labute approximate surface area is 113 Å². The highest BCUT2D eigenvalue weighted by Gasteiger charge is 2.19. The molecule has 0 spiro atoms. The average molecular weight is 269 g/mol. The van der Waals surface area contributed by atoms with Crippen molar-refractivity contribution < 1.29 is 9.59 Å². The number of nitrogens with zero attached hydrogens (tertiary/aromatic N) is 1. The Kier molecular flexibility index (Phi) is 9.20. The van der Waals surface area contributed by atoms with Crippen LogP contribution in [0.25, 0.3) is 0 Å². The summed E-state index contributed by atoms with van der Waals surface area (Å²) in [6.07, 6.45) is 5.32. The molecule has 0 aliphatic rings. The van der Waals surface area contributed by atoms with E-state index in [1.54, 1.807) is 0 Å². The average Bonchev–Trinajstić information content (AvgIpc) is 2.36. The molecule has 7 heteroatoms. The van der Waals surface area contributed by atoms with Crippen LogP contribution in [0.15, 0.2) is 5.11 Å². The summed E-state index contributed by atoms with van der Waals surface area (Å²) in [6, 6.07) is -0.891. The summed E-state index contributed by atoms with van der Waals surface area (Å²) in [4.78, 5) is 22.4. The summed E-state index contributed by atoms with van der Waals surface area (Å²) in [5.74, 6) is -1.24. The largest absolute Gasteiger partial charge is 0.370 e. The highest BCUT2D eigenvalue weighted by molar-refractivity contribution is 5.93. The summed E-state index contributed by atoms with van der Waals surface area (Å²) < 4.78 is 0. The van der Waals surface area contributed by atoms with Crippen LogP contribution in [0.3, 0.4) is 0 Å². The molecule has 0 heterocycles. The lowest BCUT2D eigenvalue weighted by Gasteiger charge is -2.14. The molecule has 7 nitrogen and oxygen atoms in total. The van der Waals surface area contributed by atoms with Gasteiger partial charge in [0.1, 0.15) is 0 Å². The van der Waals surface area contributed by atoms with Gasteiger partial charge in [-0.05, 0) is 6.42 Å². The summed E-state index contributed by atoms with van der Waals surface area (Å²) in [6.45, 7) is 2.12. The Balaban J connectivity index is 4.05. The highest BCUT2D eigenvalue weighted by atomic mass is 16.2. The van der Waals surface area contributed by atoms with Crippen molar-refractivity contribution in [2.75, 3.05) is 0 Å². The van der Waals surface area contributed by atoms with Gasteiger partial charge in [-0.1, -0.05) is 32.6 Å². The standard InChI is InChI=1S/C12H23N5O2/c1-2-3-4-5-6-7-11(19)16-9(8-10(13)18)12(14)17-15/h9,14-15H,2-8H2,1H3,(H2,13,18)(H,16,19)/t9-/m1/s1. The van der Waals surface area contributed by atoms with Crippen LogP contribution in [0.4, 0.5) is 0 Å². The second kappa shape index (κ2) is 10.2. The number of rotatable bonds is 10. The van der Waals surface area contributed by atoms with Crippen molar-refractivity contribution in [3.05, 3.63) is 0 Å². The fraction of sp³-hybridized carbons (Fsp3) is 0.750. The van der Waals surface area contributed by atoms with Gasteiger partial charge in [0.15, 0.2) is 5.84 Å². The van der Waals surface area contributed by atoms with Crippen molar-refractivity contribution in [2.45, 2.75) is 57.9 Å². The molecule has 0 bridgehead atoms. The Morgan fingerprint density at radius 2 is 1.89 bits per heavy atom. The fourth-order valence-corrected chi connectivity index (χ4v) is 1.65. The fourth-order valence-electron chi connectivity index (χ4n) is 1.65. The van der Waals surface area contributed by atoms with E-state index in [2.05, 4.69) is 17.4 Å². The van der Waals surface area contributed by atoms with E-state index in [1.165, 1.54) is 0 Å². The number of amidine groups is 1. The number of nitrogens with two attached hydrogens (primary N) is 1. The Morgan fingerprint density at radius 1 is 1.26 bits per heavy atom. The van der Waals surface area contributed by atoms with Gasteiger partial charge in [-0.15, -0.1) is 5.11 Å². The molecule has 2 amide bonds. The molecule has 0 rings (SSSR count). The maximum Gasteiger partial charge on any atom is 0.220 e. The molecule has 0 aliphatic heterocycles. The van der Waals surface area contributed by atoms with Gasteiger partial charge >= 0.3 is 0 Å². The third kappa shape index (κ3) is 8.87. The van der Waals surface area contributed by atoms with Crippen LogP contribution < -0.4 is 11.1 Å². The summed E-state index contributed by atoms with van der Waals surface area (Å²) in [5, 5.41) is 12.8. The van der Waals surface area contributed by atoms with Crippen molar-refractivity contribution >= 4 is 17.6 Å². The zero-order valence-electron chi connectivity index (χ0n) is 11.4. The van der Waals surface area contributed by atoms with Gasteiger partial charge in [-0.2, -0.15) is 0 Å². The van der Waals surface area contributed by atoms with Gasteiger partial charge in [0.05, 0.1) is 12.5 Å². The smallest absolute Gasteiger partial charge is 0.220 e. The SMILES string of the molecule is CCCCCCCC(=O)N[C@H](CC(N)=O)C(=N)N=N. The number of hydrogen-bond acceptors (Lipinski definition) is 4. The van der Waals surface area contributed by atoms with Crippen LogP contribution >= 0.6 is 0 Å². The Bertz CT molecular complexity index is 330. The Hall–Kier alpha value is -1.79. The van der Waals surface area contributed by atoms with Crippen LogP contribution in [0.1, 0.15) is 51.9 Å². The number of primary amides is 1. The molecule has 19 heavy (non-hydrogen) atoms. The molecule has 0 saturated carbocycles. The zero-order valence-corrected chi connectivity index (χ0v) is 11.4. The van der Waals surface area contributed by atoms with Crippen LogP contribution in [0.5, 0.6) is 0 Å². The van der Waals surface area contributed by atoms with E-state index in [-0.39, 0.29) is 18.2 Å². The second-order valence-corrected chi connectivity index (χ2v) is 4.45. The molecule has 0 unspecified atom stereocenters. The normalized spacial score (nSPS) is 11.6. The first kappa shape index (κ1) is 17.2. The number of unbranched alkanes of at least 4 members (excludes halogenated alkanes) is 4. The number of carbonyl (C=O) groups excluding carboxylic acids is 2. The number of nitrogens with one attached hydrogen (secondary N) is 3. The van der Waals surface area contributed by atoms with E-state index in [0.717, 1.165) is 32.1 Å². The lowest BCUT2D eigenvalue weighted by atomic mass is 10.1. The molecular weight excluding hydrogens is 246 g/mol. The number of carbonyl (C=O) groups is 2. The number of amides is 2. The van der Waals surface area contributed by atoms with E-state index >= 15 is 0 Å². The van der Waals surface area contributed by atoms with Crippen molar-refractivity contribution in [1.29, 1.82) is 10.9 Å². The summed E-state index contributed by atoms with van der Waals surface area (Å²) >= 11 is 0. The highest BCUT2D eigenvalue weighted by Crippen LogP contribution is 2.05. The monoisotopic (exact) mass is 269 g/mol. The first-order valence-corrected chi connectivity index (χ1v) is 6.54. The van der Waals surface area contributed by atoms with Crippen LogP contribution in [0, 0.1) is 10.9 Å². The van der Waals surface area contributed by atoms with E-state index in [4.69, 9.17) is 16.7 Å². The first-order chi connectivity index (χ1) is 9.01. The van der Waals surface area contributed by atoms with E-state index < -0.39 is 11.9 Å². The van der Waals surface area contributed by atoms with Crippen LogP contribution in [-0.4, -0.2) is 23.7 Å². The van der Waals surface area contributed by atoms with Crippen molar-refractivity contribution in [2.24, 2.45) is 10.8 Å². The molecule has 1 atom stereocenters. The molecule has 0 aromatic heterocycles. The maximum atomic E-state index is 11.6. The summed E-state index contributed by atoms with van der Waals surface area (Å²) in [5.41, 5.74) is 11.8. The molecule has 0 saturated heterocycles. The molecule has 108 valence electrons. The van der Waals surface area contributed by atoms with Crippen molar-refractivity contribution in [3.63, 3.8) is 0 Å². The zero-order chi connectivity index (χ0) is 14.7. The maximum absolute atomic E-state index is 11.6. The predicted molar refractivity (Wildman–Crippen MR) is 72.0 cm³/mol. The van der Waals surface area contributed by atoms with Gasteiger partial charge in [0, 0.05) is 6.42 Å². The Morgan fingerprint density at radius 3 is 2.42 bits per heavy atom. The van der Waals surface area contributed by atoms with Crippen LogP contribution in [-0.2, 0) is 9.59 Å². The van der Waals surface area contributed by atoms with E-state index in [1.807, 2.05) is 0 Å². The lowest BCUT2D eigenvalue weighted by molar-refractivity contribution is -0.122. The van der Waals surface area contributed by atoms with Gasteiger partial charge in [0.25, 0.3) is 0 Å². The van der Waals surface area contributed by atoms with Crippen LogP contribution in [0.2, 0.25) is 0 Å². The molecular formula is C12H23N5O2. The topological polar surface area (TPSA) is 132 Å². The van der Waals surface area contributed by atoms with Crippen molar-refractivity contribution in [1.82, 2.24) is 5.32 Å². The molecule has 0 aromatic rings. The van der Waals surface area contributed by atoms with Gasteiger partial charge in [-0.3, -0.25) is 15.0 Å². The van der Waals surface area contributed by atoms with Crippen molar-refractivity contribution in [3.8, 4) is 0 Å². The quantitative estimate of drug-likeness (QED) is 0.208. The third-order valence-electron chi connectivity index (χ3n) is 2.70. The van der Waals surface area contributed by atoms with E-state index in [0.29, 0.717) is 6.42 Å². The molecule has 5 N–H and O–H groups in total. The minimum Gasteiger partial charge on any atom is -0.370 e. The molecule has 0 radical (unpaired) electrons. The number of hydrogen-bond donors (Lipinski definition) is 4. The van der Waals surface area contributed by atoms with E-state index in [9.17, 15) is 9.59 Å². The molecule has 0 aromatic carbocycles. The molecule has 0 aliphatic carbocycles. The second-order valence-electron chi connectivity index (χ2n) is 4.45. The van der Waals surface area contributed by atoms with Gasteiger partial charge in [0.2, 0.25) is 11.8 Å². The predicted octanol–water partition coefficient (Wildman–Crippen LogP) is 1.72. The minimum absolute atomic E-state index is 0.206. The van der Waals surface area contributed by atoms with Gasteiger partial charge < -0.3 is 11.1 Å². The minimum atomic E-state index is -0.891. The summed E-state index contributed by atoms with van der Waals surface area (Å²) in [7, 11) is 0. The first-order valence-electron chi connectivity index (χ1n) is 6.54. The van der Waals surface area contributed by atoms with Gasteiger partial charge in [-0.25, -0.2) is 5.53 Å². The lowest BCUT2D eigenvalue weighted by Crippen LogP contribution is -2.42. The third-order valence-corrected chi connectivity index (χ3v) is 2.70. The molecule has 0 fully saturated rings.